The lowest BCUT2D eigenvalue weighted by Gasteiger charge is -2.32. The number of hydrogen-bond acceptors (Lipinski definition) is 2. The van der Waals surface area contributed by atoms with Crippen molar-refractivity contribution in [1.82, 2.24) is 0 Å². The van der Waals surface area contributed by atoms with Crippen LogP contribution in [-0.4, -0.2) is 11.5 Å². The summed E-state index contributed by atoms with van der Waals surface area (Å²) in [5.41, 5.74) is 0.221. The van der Waals surface area contributed by atoms with Gasteiger partial charge in [0.2, 0.25) is 0 Å². The van der Waals surface area contributed by atoms with E-state index in [1.165, 1.54) is 0 Å². The van der Waals surface area contributed by atoms with Crippen molar-refractivity contribution >= 4 is 12.6 Å². The molecule has 0 radical (unpaired) electrons. The van der Waals surface area contributed by atoms with Crippen LogP contribution in [0.4, 0.5) is 0 Å². The Kier molecular flexibility index (Phi) is 4.12. The predicted molar refractivity (Wildman–Crippen MR) is 57.6 cm³/mol. The van der Waals surface area contributed by atoms with Crippen molar-refractivity contribution in [2.45, 2.75) is 46.5 Å². The SMILES string of the molecule is CC(C)C(C)(S)OCC(C)(C)C. The van der Waals surface area contributed by atoms with Gasteiger partial charge in [-0.3, -0.25) is 0 Å². The lowest BCUT2D eigenvalue weighted by atomic mass is 9.98. The highest BCUT2D eigenvalue weighted by Crippen LogP contribution is 2.28. The van der Waals surface area contributed by atoms with Crippen LogP contribution < -0.4 is 0 Å². The molecule has 12 heavy (non-hydrogen) atoms. The second-order valence-corrected chi connectivity index (χ2v) is 5.95. The summed E-state index contributed by atoms with van der Waals surface area (Å²) in [6.45, 7) is 13.5. The van der Waals surface area contributed by atoms with Crippen molar-refractivity contribution in [2.24, 2.45) is 11.3 Å². The molecule has 0 aliphatic rings. The van der Waals surface area contributed by atoms with Gasteiger partial charge in [0.15, 0.2) is 0 Å². The Morgan fingerprint density at radius 3 is 1.83 bits per heavy atom. The molecule has 1 nitrogen and oxygen atoms in total. The van der Waals surface area contributed by atoms with Gasteiger partial charge in [-0.15, -0.1) is 12.6 Å². The fourth-order valence-corrected chi connectivity index (χ4v) is 0.594. The minimum atomic E-state index is -0.298. The first-order valence-corrected chi connectivity index (χ1v) is 4.96. The molecule has 0 spiro atoms. The maximum absolute atomic E-state index is 5.72. The molecule has 0 aliphatic carbocycles. The minimum Gasteiger partial charge on any atom is -0.364 e. The summed E-state index contributed by atoms with van der Waals surface area (Å²) in [6, 6.07) is 0. The van der Waals surface area contributed by atoms with Gasteiger partial charge in [-0.25, -0.2) is 0 Å². The molecular formula is C10H22OS. The van der Waals surface area contributed by atoms with E-state index in [0.717, 1.165) is 6.61 Å². The van der Waals surface area contributed by atoms with Crippen LogP contribution in [-0.2, 0) is 4.74 Å². The van der Waals surface area contributed by atoms with E-state index in [2.05, 4.69) is 47.2 Å². The van der Waals surface area contributed by atoms with Crippen LogP contribution in [0.25, 0.3) is 0 Å². The smallest absolute Gasteiger partial charge is 0.110 e. The van der Waals surface area contributed by atoms with Gasteiger partial charge in [0.05, 0.1) is 6.61 Å². The maximum atomic E-state index is 5.72. The van der Waals surface area contributed by atoms with E-state index < -0.39 is 0 Å². The third-order valence-electron chi connectivity index (χ3n) is 1.87. The van der Waals surface area contributed by atoms with E-state index in [4.69, 9.17) is 4.74 Å². The van der Waals surface area contributed by atoms with E-state index in [1.54, 1.807) is 0 Å². The molecule has 0 heterocycles. The first kappa shape index (κ1) is 12.3. The molecule has 0 amide bonds. The fraction of sp³-hybridized carbons (Fsp3) is 1.00. The van der Waals surface area contributed by atoms with Gasteiger partial charge < -0.3 is 4.74 Å². The maximum Gasteiger partial charge on any atom is 0.110 e. The van der Waals surface area contributed by atoms with E-state index in [0.29, 0.717) is 5.92 Å². The average Bonchev–Trinajstić information content (AvgIpc) is 1.82. The quantitative estimate of drug-likeness (QED) is 0.530. The second-order valence-electron chi connectivity index (χ2n) is 5.06. The highest BCUT2D eigenvalue weighted by molar-refractivity contribution is 7.81. The molecule has 0 aromatic carbocycles. The molecule has 2 heteroatoms. The van der Waals surface area contributed by atoms with Gasteiger partial charge in [0, 0.05) is 0 Å². The van der Waals surface area contributed by atoms with Crippen molar-refractivity contribution < 1.29 is 4.74 Å². The van der Waals surface area contributed by atoms with E-state index >= 15 is 0 Å². The van der Waals surface area contributed by atoms with Crippen molar-refractivity contribution in [3.63, 3.8) is 0 Å². The fourth-order valence-electron chi connectivity index (χ4n) is 0.529. The summed E-state index contributed by atoms with van der Waals surface area (Å²) in [5, 5.41) is 0. The summed E-state index contributed by atoms with van der Waals surface area (Å²) >= 11 is 4.47. The number of ether oxygens (including phenoxy) is 1. The molecule has 1 atom stereocenters. The van der Waals surface area contributed by atoms with Crippen LogP contribution in [0.1, 0.15) is 41.5 Å². The zero-order chi connectivity index (χ0) is 9.99. The lowest BCUT2D eigenvalue weighted by Crippen LogP contribution is -2.32. The molecule has 74 valence electrons. The molecule has 0 fully saturated rings. The highest BCUT2D eigenvalue weighted by Gasteiger charge is 2.26. The normalized spacial score (nSPS) is 18.0. The molecule has 0 aromatic heterocycles. The zero-order valence-electron chi connectivity index (χ0n) is 9.14. The lowest BCUT2D eigenvalue weighted by molar-refractivity contribution is -0.0269. The monoisotopic (exact) mass is 190 g/mol. The summed E-state index contributed by atoms with van der Waals surface area (Å²) < 4.78 is 5.72. The summed E-state index contributed by atoms with van der Waals surface area (Å²) in [4.78, 5) is -0.298. The first-order valence-electron chi connectivity index (χ1n) is 4.51. The predicted octanol–water partition coefficient (Wildman–Crippen LogP) is 3.35. The summed E-state index contributed by atoms with van der Waals surface area (Å²) in [7, 11) is 0. The Hall–Kier alpha value is 0.310. The Morgan fingerprint density at radius 2 is 1.58 bits per heavy atom. The third-order valence-corrected chi connectivity index (χ3v) is 2.51. The summed E-state index contributed by atoms with van der Waals surface area (Å²) in [6.07, 6.45) is 0. The summed E-state index contributed by atoms with van der Waals surface area (Å²) in [5.74, 6) is 0.434. The van der Waals surface area contributed by atoms with Gasteiger partial charge in [-0.05, 0) is 18.3 Å². The van der Waals surface area contributed by atoms with E-state index in [1.807, 2.05) is 6.92 Å². The Morgan fingerprint density at radius 1 is 1.17 bits per heavy atom. The van der Waals surface area contributed by atoms with E-state index in [9.17, 15) is 0 Å². The van der Waals surface area contributed by atoms with Crippen LogP contribution in [0, 0.1) is 11.3 Å². The van der Waals surface area contributed by atoms with Gasteiger partial charge in [0.25, 0.3) is 0 Å². The first-order chi connectivity index (χ1) is 5.15. The van der Waals surface area contributed by atoms with Crippen LogP contribution >= 0.6 is 12.6 Å². The molecule has 0 saturated carbocycles. The van der Waals surface area contributed by atoms with Crippen molar-refractivity contribution in [3.8, 4) is 0 Å². The molecule has 0 bridgehead atoms. The number of hydrogen-bond donors (Lipinski definition) is 1. The topological polar surface area (TPSA) is 9.23 Å². The van der Waals surface area contributed by atoms with Gasteiger partial charge in [-0.1, -0.05) is 34.6 Å². The number of thiol groups is 1. The minimum absolute atomic E-state index is 0.221. The van der Waals surface area contributed by atoms with Crippen LogP contribution in [0.2, 0.25) is 0 Å². The Balaban J connectivity index is 3.93. The Bertz CT molecular complexity index is 133. The molecular weight excluding hydrogens is 168 g/mol. The van der Waals surface area contributed by atoms with Crippen LogP contribution in [0.3, 0.4) is 0 Å². The standard InChI is InChI=1S/C10H22OS/c1-8(2)10(6,12)11-7-9(3,4)5/h8,12H,7H2,1-6H3. The molecule has 1 unspecified atom stereocenters. The molecule has 0 aromatic rings. The largest absolute Gasteiger partial charge is 0.364 e. The third kappa shape index (κ3) is 5.04. The number of rotatable bonds is 3. The van der Waals surface area contributed by atoms with Crippen molar-refractivity contribution in [1.29, 1.82) is 0 Å². The molecule has 0 N–H and O–H groups in total. The van der Waals surface area contributed by atoms with E-state index in [-0.39, 0.29) is 10.3 Å². The second kappa shape index (κ2) is 4.01. The van der Waals surface area contributed by atoms with Gasteiger partial charge in [0.1, 0.15) is 4.93 Å². The van der Waals surface area contributed by atoms with Gasteiger partial charge >= 0.3 is 0 Å². The van der Waals surface area contributed by atoms with Crippen LogP contribution in [0.5, 0.6) is 0 Å². The van der Waals surface area contributed by atoms with Crippen molar-refractivity contribution in [2.75, 3.05) is 6.61 Å². The van der Waals surface area contributed by atoms with Crippen LogP contribution in [0.15, 0.2) is 0 Å². The van der Waals surface area contributed by atoms with Crippen molar-refractivity contribution in [3.05, 3.63) is 0 Å². The Labute approximate surface area is 82.3 Å². The molecule has 0 aliphatic heterocycles. The average molecular weight is 190 g/mol. The highest BCUT2D eigenvalue weighted by atomic mass is 32.1. The molecule has 0 saturated heterocycles. The molecule has 0 rings (SSSR count). The zero-order valence-corrected chi connectivity index (χ0v) is 10.0. The van der Waals surface area contributed by atoms with Gasteiger partial charge in [-0.2, -0.15) is 0 Å².